The molecule has 0 aliphatic heterocycles. The first kappa shape index (κ1) is 12.3. The number of rotatable bonds is 6. The number of thiophene rings is 1. The van der Waals surface area contributed by atoms with Gasteiger partial charge < -0.3 is 15.6 Å². The lowest BCUT2D eigenvalue weighted by atomic mass is 10.2. The Bertz CT molecular complexity index is 435. The maximum atomic E-state index is 5.83. The summed E-state index contributed by atoms with van der Waals surface area (Å²) in [5.41, 5.74) is 6.99. The summed E-state index contributed by atoms with van der Waals surface area (Å²) >= 11 is 1.76. The quantitative estimate of drug-likeness (QED) is 0.821. The Morgan fingerprint density at radius 3 is 3.12 bits per heavy atom. The van der Waals surface area contributed by atoms with Gasteiger partial charge in [0.2, 0.25) is 0 Å². The maximum absolute atomic E-state index is 5.83. The number of aromatic nitrogens is 2. The molecule has 5 heteroatoms. The molecule has 0 radical (unpaired) electrons. The lowest BCUT2D eigenvalue weighted by molar-refractivity contribution is 0.507. The van der Waals surface area contributed by atoms with Crippen molar-refractivity contribution in [2.45, 2.75) is 26.1 Å². The number of hydrogen-bond donors (Lipinski definition) is 2. The summed E-state index contributed by atoms with van der Waals surface area (Å²) in [4.78, 5) is 5.50. The van der Waals surface area contributed by atoms with Crippen LogP contribution in [0, 0.1) is 0 Å². The third-order valence-corrected chi connectivity index (χ3v) is 3.66. The monoisotopic (exact) mass is 250 g/mol. The minimum Gasteiger partial charge on any atom is -0.333 e. The van der Waals surface area contributed by atoms with E-state index >= 15 is 0 Å². The molecular formula is C12H18N4S. The van der Waals surface area contributed by atoms with Crippen LogP contribution >= 0.6 is 11.3 Å². The highest BCUT2D eigenvalue weighted by atomic mass is 32.1. The predicted molar refractivity (Wildman–Crippen MR) is 70.9 cm³/mol. The molecule has 0 aliphatic carbocycles. The normalized spacial score (nSPS) is 12.8. The van der Waals surface area contributed by atoms with E-state index in [1.807, 2.05) is 12.5 Å². The molecule has 0 fully saturated rings. The Morgan fingerprint density at radius 2 is 2.47 bits per heavy atom. The Labute approximate surface area is 105 Å². The van der Waals surface area contributed by atoms with Crippen molar-refractivity contribution in [1.82, 2.24) is 14.9 Å². The SMILES string of the molecule is CCn1cncc1C(CN)NCc1cccs1. The molecule has 2 heterocycles. The Hall–Kier alpha value is -1.17. The maximum Gasteiger partial charge on any atom is 0.0948 e. The molecule has 1 unspecified atom stereocenters. The largest absolute Gasteiger partial charge is 0.333 e. The third kappa shape index (κ3) is 2.94. The van der Waals surface area contributed by atoms with Crippen LogP contribution in [0.25, 0.3) is 0 Å². The van der Waals surface area contributed by atoms with Gasteiger partial charge in [-0.25, -0.2) is 4.98 Å². The summed E-state index contributed by atoms with van der Waals surface area (Å²) in [7, 11) is 0. The summed E-state index contributed by atoms with van der Waals surface area (Å²) in [5.74, 6) is 0. The summed E-state index contributed by atoms with van der Waals surface area (Å²) in [6.07, 6.45) is 3.74. The van der Waals surface area contributed by atoms with Crippen LogP contribution in [0.4, 0.5) is 0 Å². The van der Waals surface area contributed by atoms with Gasteiger partial charge in [-0.3, -0.25) is 0 Å². The van der Waals surface area contributed by atoms with Crippen LogP contribution < -0.4 is 11.1 Å². The lowest BCUT2D eigenvalue weighted by Gasteiger charge is -2.17. The zero-order valence-corrected chi connectivity index (χ0v) is 10.8. The second-order valence-electron chi connectivity index (χ2n) is 3.85. The average molecular weight is 250 g/mol. The number of aryl methyl sites for hydroxylation is 1. The Kier molecular flexibility index (Phi) is 4.30. The van der Waals surface area contributed by atoms with Crippen LogP contribution in [0.2, 0.25) is 0 Å². The van der Waals surface area contributed by atoms with Crippen LogP contribution in [0.1, 0.15) is 23.5 Å². The average Bonchev–Trinajstić information content (AvgIpc) is 3.00. The highest BCUT2D eigenvalue weighted by Gasteiger charge is 2.13. The van der Waals surface area contributed by atoms with Crippen molar-refractivity contribution in [1.29, 1.82) is 0 Å². The molecule has 0 aromatic carbocycles. The van der Waals surface area contributed by atoms with Crippen LogP contribution in [0.5, 0.6) is 0 Å². The van der Waals surface area contributed by atoms with Crippen molar-refractivity contribution in [3.8, 4) is 0 Å². The molecule has 92 valence electrons. The first-order valence-corrected chi connectivity index (χ1v) is 6.69. The smallest absolute Gasteiger partial charge is 0.0948 e. The van der Waals surface area contributed by atoms with E-state index in [0.717, 1.165) is 18.8 Å². The molecule has 1 atom stereocenters. The van der Waals surface area contributed by atoms with Crippen LogP contribution in [0.3, 0.4) is 0 Å². The van der Waals surface area contributed by atoms with Crippen molar-refractivity contribution in [3.05, 3.63) is 40.6 Å². The molecule has 3 N–H and O–H groups in total. The molecule has 0 bridgehead atoms. The molecule has 0 spiro atoms. The van der Waals surface area contributed by atoms with Crippen LogP contribution in [-0.4, -0.2) is 16.1 Å². The minimum atomic E-state index is 0.166. The van der Waals surface area contributed by atoms with E-state index in [1.165, 1.54) is 4.88 Å². The van der Waals surface area contributed by atoms with Gasteiger partial charge in [0, 0.05) is 30.7 Å². The molecule has 17 heavy (non-hydrogen) atoms. The molecule has 2 aromatic rings. The molecule has 0 saturated carbocycles. The second kappa shape index (κ2) is 5.95. The van der Waals surface area contributed by atoms with Gasteiger partial charge in [0.25, 0.3) is 0 Å². The van der Waals surface area contributed by atoms with Gasteiger partial charge >= 0.3 is 0 Å². The van der Waals surface area contributed by atoms with E-state index in [9.17, 15) is 0 Å². The Balaban J connectivity index is 2.01. The van der Waals surface area contributed by atoms with Crippen molar-refractivity contribution in [2.75, 3.05) is 6.54 Å². The van der Waals surface area contributed by atoms with E-state index in [0.29, 0.717) is 6.54 Å². The summed E-state index contributed by atoms with van der Waals surface area (Å²) < 4.78 is 2.12. The highest BCUT2D eigenvalue weighted by Crippen LogP contribution is 2.14. The molecule has 4 nitrogen and oxygen atoms in total. The number of nitrogens with one attached hydrogen (secondary N) is 1. The second-order valence-corrected chi connectivity index (χ2v) is 4.89. The van der Waals surface area contributed by atoms with Gasteiger partial charge in [0.15, 0.2) is 0 Å². The zero-order valence-electron chi connectivity index (χ0n) is 9.97. The fourth-order valence-corrected chi connectivity index (χ4v) is 2.49. The van der Waals surface area contributed by atoms with Gasteiger partial charge in [0.05, 0.1) is 18.1 Å². The summed E-state index contributed by atoms with van der Waals surface area (Å²) in [6, 6.07) is 4.36. The van der Waals surface area contributed by atoms with E-state index in [1.54, 1.807) is 11.3 Å². The van der Waals surface area contributed by atoms with E-state index in [2.05, 4.69) is 39.3 Å². The molecule has 0 amide bonds. The van der Waals surface area contributed by atoms with E-state index in [-0.39, 0.29) is 6.04 Å². The van der Waals surface area contributed by atoms with Gasteiger partial charge in [-0.05, 0) is 18.4 Å². The van der Waals surface area contributed by atoms with Crippen molar-refractivity contribution in [3.63, 3.8) is 0 Å². The van der Waals surface area contributed by atoms with Gasteiger partial charge in [-0.1, -0.05) is 6.07 Å². The first-order chi connectivity index (χ1) is 8.35. The highest BCUT2D eigenvalue weighted by molar-refractivity contribution is 7.09. The molecule has 2 rings (SSSR count). The number of imidazole rings is 1. The van der Waals surface area contributed by atoms with Crippen LogP contribution in [0.15, 0.2) is 30.0 Å². The first-order valence-electron chi connectivity index (χ1n) is 5.81. The van der Waals surface area contributed by atoms with Gasteiger partial charge in [0.1, 0.15) is 0 Å². The van der Waals surface area contributed by atoms with Gasteiger partial charge in [-0.2, -0.15) is 0 Å². The standard InChI is InChI=1S/C12H18N4S/c1-2-16-9-14-8-12(16)11(6-13)15-7-10-4-3-5-17-10/h3-5,8-9,11,15H,2,6-7,13H2,1H3. The van der Waals surface area contributed by atoms with Crippen LogP contribution in [-0.2, 0) is 13.1 Å². The fourth-order valence-electron chi connectivity index (χ4n) is 1.83. The van der Waals surface area contributed by atoms with E-state index in [4.69, 9.17) is 5.73 Å². The topological polar surface area (TPSA) is 55.9 Å². The number of hydrogen-bond acceptors (Lipinski definition) is 4. The number of nitrogens with zero attached hydrogens (tertiary/aromatic N) is 2. The zero-order chi connectivity index (χ0) is 12.1. The van der Waals surface area contributed by atoms with E-state index < -0.39 is 0 Å². The molecular weight excluding hydrogens is 232 g/mol. The fraction of sp³-hybridized carbons (Fsp3) is 0.417. The Morgan fingerprint density at radius 1 is 1.59 bits per heavy atom. The molecule has 0 saturated heterocycles. The van der Waals surface area contributed by atoms with Crippen molar-refractivity contribution >= 4 is 11.3 Å². The van der Waals surface area contributed by atoms with Crippen molar-refractivity contribution < 1.29 is 0 Å². The van der Waals surface area contributed by atoms with Crippen molar-refractivity contribution in [2.24, 2.45) is 5.73 Å². The lowest BCUT2D eigenvalue weighted by Crippen LogP contribution is -2.29. The third-order valence-electron chi connectivity index (χ3n) is 2.78. The molecule has 0 aliphatic rings. The minimum absolute atomic E-state index is 0.166. The summed E-state index contributed by atoms with van der Waals surface area (Å²) in [6.45, 7) is 4.47. The summed E-state index contributed by atoms with van der Waals surface area (Å²) in [5, 5.41) is 5.56. The molecule has 2 aromatic heterocycles. The number of nitrogens with two attached hydrogens (primary N) is 1. The predicted octanol–water partition coefficient (Wildman–Crippen LogP) is 1.75. The van der Waals surface area contributed by atoms with Gasteiger partial charge in [-0.15, -0.1) is 11.3 Å².